The first-order valence-electron chi connectivity index (χ1n) is 21.9. The molecular weight excluding hydrogens is 829 g/mol. The Hall–Kier alpha value is -6.94. The predicted molar refractivity (Wildman–Crippen MR) is 270 cm³/mol. The zero-order valence-corrected chi connectivity index (χ0v) is 37.6. The monoisotopic (exact) mass is 874 g/mol. The topological polar surface area (TPSA) is 6.48 Å². The van der Waals surface area contributed by atoms with Gasteiger partial charge in [-0.05, 0) is 133 Å². The minimum absolute atomic E-state index is 0.142. The fraction of sp³-hybridized carbons (Fsp3) is 0.100. The molecule has 63 heavy (non-hydrogen) atoms. The van der Waals surface area contributed by atoms with Crippen molar-refractivity contribution in [1.29, 1.82) is 0 Å². The summed E-state index contributed by atoms with van der Waals surface area (Å²) in [5.74, 6) is 0. The maximum atomic E-state index is 4.05. The summed E-state index contributed by atoms with van der Waals surface area (Å²) < 4.78 is 0.995. The van der Waals surface area contributed by atoms with E-state index in [1.165, 1.54) is 66.8 Å². The summed E-state index contributed by atoms with van der Waals surface area (Å²) in [5, 5.41) is 0. The average Bonchev–Trinajstić information content (AvgIpc) is 3.69. The zero-order valence-electron chi connectivity index (χ0n) is 36.0. The van der Waals surface area contributed by atoms with Crippen molar-refractivity contribution < 1.29 is 0 Å². The van der Waals surface area contributed by atoms with Gasteiger partial charge in [0.25, 0.3) is 0 Å². The Labute approximate surface area is 379 Å². The highest BCUT2D eigenvalue weighted by Crippen LogP contribution is 2.53. The van der Waals surface area contributed by atoms with Crippen LogP contribution in [0.25, 0.3) is 44.5 Å². The largest absolute Gasteiger partial charge is 0.310 e. The van der Waals surface area contributed by atoms with E-state index in [2.05, 4.69) is 266 Å². The standard InChI is InChI=1S/C60H47BrN2/c1-59(2)55-21-13-11-19-51(55)53-33-31-47(38-57(53)59)62(45-27-23-42(24-28-45)40-15-7-5-8-16-40)49-35-44(61)36-50(37-49)63(46-29-25-43(26-30-46)41-17-9-6-10-18-41)48-32-34-54-52-20-12-14-22-56(52)60(3,4)58(54)39-48/h5-39H,1-4H3. The van der Waals surface area contributed by atoms with Crippen molar-refractivity contribution >= 4 is 50.1 Å². The molecule has 0 saturated carbocycles. The van der Waals surface area contributed by atoms with Crippen LogP contribution >= 0.6 is 15.9 Å². The summed E-state index contributed by atoms with van der Waals surface area (Å²) in [5.41, 5.74) is 21.7. The smallest absolute Gasteiger partial charge is 0.0493 e. The van der Waals surface area contributed by atoms with Crippen LogP contribution in [0.1, 0.15) is 49.9 Å². The lowest BCUT2D eigenvalue weighted by atomic mass is 9.82. The van der Waals surface area contributed by atoms with Gasteiger partial charge in [0.2, 0.25) is 0 Å². The second kappa shape index (κ2) is 15.1. The molecule has 0 bridgehead atoms. The normalized spacial score (nSPS) is 13.7. The number of hydrogen-bond donors (Lipinski definition) is 0. The summed E-state index contributed by atoms with van der Waals surface area (Å²) in [6, 6.07) is 77.9. The fourth-order valence-electron chi connectivity index (χ4n) is 10.2. The second-order valence-electron chi connectivity index (χ2n) is 18.0. The molecule has 0 amide bonds. The summed E-state index contributed by atoms with van der Waals surface area (Å²) in [6.45, 7) is 9.42. The fourth-order valence-corrected chi connectivity index (χ4v) is 10.7. The van der Waals surface area contributed by atoms with Gasteiger partial charge in [-0.2, -0.15) is 0 Å². The van der Waals surface area contributed by atoms with Crippen molar-refractivity contribution in [3.05, 3.63) is 239 Å². The second-order valence-corrected chi connectivity index (χ2v) is 18.9. The van der Waals surface area contributed by atoms with E-state index in [0.717, 1.165) is 38.6 Å². The Morgan fingerprint density at radius 2 is 0.619 bits per heavy atom. The third kappa shape index (κ3) is 6.62. The van der Waals surface area contributed by atoms with E-state index in [4.69, 9.17) is 0 Å². The van der Waals surface area contributed by atoms with E-state index in [-0.39, 0.29) is 10.8 Å². The number of benzene rings is 9. The molecule has 9 aromatic rings. The van der Waals surface area contributed by atoms with Gasteiger partial charge in [0.15, 0.2) is 0 Å². The van der Waals surface area contributed by atoms with E-state index >= 15 is 0 Å². The maximum Gasteiger partial charge on any atom is 0.0493 e. The van der Waals surface area contributed by atoms with E-state index in [1.54, 1.807) is 0 Å². The number of rotatable bonds is 8. The summed E-state index contributed by atoms with van der Waals surface area (Å²) >= 11 is 4.05. The number of fused-ring (bicyclic) bond motifs is 6. The molecule has 0 atom stereocenters. The van der Waals surface area contributed by atoms with Gasteiger partial charge in [-0.15, -0.1) is 0 Å². The molecule has 0 radical (unpaired) electrons. The van der Waals surface area contributed by atoms with E-state index in [1.807, 2.05) is 0 Å². The molecule has 11 rings (SSSR count). The lowest BCUT2D eigenvalue weighted by Crippen LogP contribution is -2.17. The summed E-state index contributed by atoms with van der Waals surface area (Å²) in [7, 11) is 0. The first kappa shape index (κ1) is 38.9. The zero-order chi connectivity index (χ0) is 42.9. The number of nitrogens with zero attached hydrogens (tertiary/aromatic N) is 2. The molecule has 0 aromatic heterocycles. The molecule has 2 aliphatic rings. The van der Waals surface area contributed by atoms with Crippen LogP contribution in [0.15, 0.2) is 217 Å². The van der Waals surface area contributed by atoms with Gasteiger partial charge in [0, 0.05) is 49.4 Å². The Bertz CT molecular complexity index is 2950. The molecule has 0 saturated heterocycles. The Kier molecular flexibility index (Phi) is 9.37. The quantitative estimate of drug-likeness (QED) is 0.150. The van der Waals surface area contributed by atoms with Crippen LogP contribution in [0, 0.1) is 0 Å². The van der Waals surface area contributed by atoms with Crippen molar-refractivity contribution in [3.63, 3.8) is 0 Å². The first-order chi connectivity index (χ1) is 30.6. The molecule has 3 heteroatoms. The van der Waals surface area contributed by atoms with Crippen molar-refractivity contribution in [2.45, 2.75) is 38.5 Å². The van der Waals surface area contributed by atoms with E-state index < -0.39 is 0 Å². The Balaban J connectivity index is 1.09. The predicted octanol–water partition coefficient (Wildman–Crippen LogP) is 17.3. The Morgan fingerprint density at radius 1 is 0.286 bits per heavy atom. The molecule has 0 spiro atoms. The van der Waals surface area contributed by atoms with Gasteiger partial charge >= 0.3 is 0 Å². The molecular formula is C60H47BrN2. The number of anilines is 6. The average molecular weight is 876 g/mol. The molecule has 2 aliphatic carbocycles. The van der Waals surface area contributed by atoms with Crippen LogP contribution < -0.4 is 9.80 Å². The van der Waals surface area contributed by atoms with Crippen LogP contribution in [0.3, 0.4) is 0 Å². The molecule has 2 nitrogen and oxygen atoms in total. The van der Waals surface area contributed by atoms with Crippen LogP contribution in [-0.2, 0) is 10.8 Å². The number of hydrogen-bond acceptors (Lipinski definition) is 2. The molecule has 0 N–H and O–H groups in total. The van der Waals surface area contributed by atoms with Crippen LogP contribution in [0.5, 0.6) is 0 Å². The van der Waals surface area contributed by atoms with Gasteiger partial charge in [-0.3, -0.25) is 0 Å². The summed E-state index contributed by atoms with van der Waals surface area (Å²) in [4.78, 5) is 4.84. The third-order valence-electron chi connectivity index (χ3n) is 13.5. The highest BCUT2D eigenvalue weighted by molar-refractivity contribution is 9.10. The lowest BCUT2D eigenvalue weighted by Gasteiger charge is -2.31. The van der Waals surface area contributed by atoms with Crippen LogP contribution in [0.2, 0.25) is 0 Å². The molecule has 0 fully saturated rings. The van der Waals surface area contributed by atoms with Crippen molar-refractivity contribution in [2.75, 3.05) is 9.80 Å². The van der Waals surface area contributed by atoms with Crippen molar-refractivity contribution in [3.8, 4) is 44.5 Å². The molecule has 0 unspecified atom stereocenters. The third-order valence-corrected chi connectivity index (χ3v) is 14.0. The van der Waals surface area contributed by atoms with Gasteiger partial charge in [0.05, 0.1) is 0 Å². The van der Waals surface area contributed by atoms with Gasteiger partial charge in [0.1, 0.15) is 0 Å². The Morgan fingerprint density at radius 3 is 1.03 bits per heavy atom. The molecule has 304 valence electrons. The maximum absolute atomic E-state index is 4.05. The van der Waals surface area contributed by atoms with Gasteiger partial charge in [-0.25, -0.2) is 0 Å². The minimum Gasteiger partial charge on any atom is -0.310 e. The van der Waals surface area contributed by atoms with Crippen LogP contribution in [-0.4, -0.2) is 0 Å². The highest BCUT2D eigenvalue weighted by Gasteiger charge is 2.37. The van der Waals surface area contributed by atoms with E-state index in [9.17, 15) is 0 Å². The molecule has 9 aromatic carbocycles. The van der Waals surface area contributed by atoms with Gasteiger partial charge in [-0.1, -0.05) is 189 Å². The minimum atomic E-state index is -0.142. The molecule has 0 heterocycles. The highest BCUT2D eigenvalue weighted by atomic mass is 79.9. The van der Waals surface area contributed by atoms with E-state index in [0.29, 0.717) is 0 Å². The SMILES string of the molecule is CC1(C)c2ccccc2-c2ccc(N(c3ccc(-c4ccccc4)cc3)c3cc(Br)cc(N(c4ccc(-c5ccccc5)cc4)c4ccc5c(c4)C(C)(C)c4ccccc4-5)c3)cc21. The van der Waals surface area contributed by atoms with Crippen molar-refractivity contribution in [1.82, 2.24) is 0 Å². The van der Waals surface area contributed by atoms with Gasteiger partial charge < -0.3 is 9.80 Å². The number of halogens is 1. The summed E-state index contributed by atoms with van der Waals surface area (Å²) in [6.07, 6.45) is 0. The lowest BCUT2D eigenvalue weighted by molar-refractivity contribution is 0.660. The van der Waals surface area contributed by atoms with Crippen molar-refractivity contribution in [2.24, 2.45) is 0 Å². The van der Waals surface area contributed by atoms with Crippen LogP contribution in [0.4, 0.5) is 34.1 Å². The molecule has 0 aliphatic heterocycles. The first-order valence-corrected chi connectivity index (χ1v) is 22.7.